The Kier molecular flexibility index (Phi) is 10.4. The van der Waals surface area contributed by atoms with Crippen LogP contribution in [0, 0.1) is 5.82 Å². The third-order valence-electron chi connectivity index (χ3n) is 7.19. The molecule has 0 saturated carbocycles. The minimum absolute atomic E-state index is 0.0976. The van der Waals surface area contributed by atoms with Gasteiger partial charge in [0.25, 0.3) is 5.78 Å². The summed E-state index contributed by atoms with van der Waals surface area (Å²) in [4.78, 5) is 28.5. The highest BCUT2D eigenvalue weighted by atomic mass is 32.2. The quantitative estimate of drug-likeness (QED) is 0.0402. The van der Waals surface area contributed by atoms with Gasteiger partial charge in [0.2, 0.25) is 5.13 Å². The Labute approximate surface area is 268 Å². The van der Waals surface area contributed by atoms with Gasteiger partial charge in [-0.3, -0.25) is 14.5 Å². The van der Waals surface area contributed by atoms with Crippen LogP contribution in [0.1, 0.15) is 48.9 Å². The number of carbonyl (C=O) groups is 2. The molecule has 45 heavy (non-hydrogen) atoms. The smallest absolute Gasteiger partial charge is 0.301 e. The lowest BCUT2D eigenvalue weighted by atomic mass is 9.95. The van der Waals surface area contributed by atoms with Gasteiger partial charge in [-0.1, -0.05) is 61.1 Å². The first-order chi connectivity index (χ1) is 21.8. The number of nitrogens with zero attached hydrogens (tertiary/aromatic N) is 3. The zero-order valence-corrected chi connectivity index (χ0v) is 26.6. The van der Waals surface area contributed by atoms with Gasteiger partial charge in [-0.15, -0.1) is 10.2 Å². The number of halogens is 1. The number of ether oxygens (including phenoxy) is 3. The summed E-state index contributed by atoms with van der Waals surface area (Å²) in [5.41, 5.74) is 1.65. The molecule has 1 amide bonds. The fourth-order valence-electron chi connectivity index (χ4n) is 4.84. The van der Waals surface area contributed by atoms with Crippen molar-refractivity contribution in [2.75, 3.05) is 25.7 Å². The Hall–Kier alpha value is -4.42. The molecule has 1 saturated heterocycles. The summed E-state index contributed by atoms with van der Waals surface area (Å²) in [7, 11) is 3.04. The van der Waals surface area contributed by atoms with Gasteiger partial charge in [-0.25, -0.2) is 4.39 Å². The summed E-state index contributed by atoms with van der Waals surface area (Å²) >= 11 is 2.52. The monoisotopic (exact) mass is 649 g/mol. The summed E-state index contributed by atoms with van der Waals surface area (Å²) < 4.78 is 30.7. The number of anilines is 1. The first-order valence-corrected chi connectivity index (χ1v) is 16.1. The van der Waals surface area contributed by atoms with Crippen LogP contribution in [0.5, 0.6) is 17.2 Å². The standard InChI is InChI=1S/C33H32FN3O6S2/c1-4-5-6-17-43-25-16-11-22(18-26(25)42-3)28-27(29(38)21-9-14-24(41-2)15-10-21)30(39)31(40)37(28)32-35-36-33(45-32)44-19-20-7-12-23(34)13-8-20/h7-16,18,28,38H,4-6,17,19H2,1-3H3/b29-27-. The highest BCUT2D eigenvalue weighted by Crippen LogP contribution is 2.45. The highest BCUT2D eigenvalue weighted by molar-refractivity contribution is 8.00. The predicted octanol–water partition coefficient (Wildman–Crippen LogP) is 7.18. The molecule has 1 aromatic heterocycles. The zero-order chi connectivity index (χ0) is 31.9. The van der Waals surface area contributed by atoms with E-state index in [9.17, 15) is 19.1 Å². The highest BCUT2D eigenvalue weighted by Gasteiger charge is 2.48. The van der Waals surface area contributed by atoms with Crippen molar-refractivity contribution in [3.05, 3.63) is 94.8 Å². The van der Waals surface area contributed by atoms with E-state index >= 15 is 0 Å². The number of methoxy groups -OCH3 is 2. The number of rotatable bonds is 13. The Balaban J connectivity index is 1.53. The van der Waals surface area contributed by atoms with Crippen LogP contribution in [0.3, 0.4) is 0 Å². The summed E-state index contributed by atoms with van der Waals surface area (Å²) in [6.07, 6.45) is 2.98. The molecule has 3 aromatic carbocycles. The second-order valence-corrected chi connectivity index (χ2v) is 12.3. The Morgan fingerprint density at radius 3 is 2.42 bits per heavy atom. The molecule has 0 bridgehead atoms. The number of unbranched alkanes of at least 4 members (excludes halogenated alkanes) is 2. The van der Waals surface area contributed by atoms with Crippen LogP contribution in [0.25, 0.3) is 5.76 Å². The van der Waals surface area contributed by atoms with Crippen molar-refractivity contribution in [2.45, 2.75) is 42.3 Å². The number of hydrogen-bond donors (Lipinski definition) is 1. The van der Waals surface area contributed by atoms with E-state index in [0.29, 0.717) is 45.1 Å². The van der Waals surface area contributed by atoms with Gasteiger partial charge >= 0.3 is 5.91 Å². The van der Waals surface area contributed by atoms with E-state index in [-0.39, 0.29) is 22.3 Å². The maximum atomic E-state index is 13.6. The van der Waals surface area contributed by atoms with Crippen LogP contribution in [0.15, 0.2) is 76.6 Å². The molecule has 5 rings (SSSR count). The molecule has 0 radical (unpaired) electrons. The van der Waals surface area contributed by atoms with Crippen molar-refractivity contribution in [2.24, 2.45) is 0 Å². The molecule has 1 aliphatic heterocycles. The lowest BCUT2D eigenvalue weighted by molar-refractivity contribution is -0.132. The van der Waals surface area contributed by atoms with Crippen LogP contribution in [-0.4, -0.2) is 47.8 Å². The molecule has 4 aromatic rings. The van der Waals surface area contributed by atoms with E-state index < -0.39 is 17.7 Å². The maximum absolute atomic E-state index is 13.6. The normalized spacial score (nSPS) is 15.8. The maximum Gasteiger partial charge on any atom is 0.301 e. The molecule has 9 nitrogen and oxygen atoms in total. The molecule has 234 valence electrons. The number of aliphatic hydroxyl groups excluding tert-OH is 1. The van der Waals surface area contributed by atoms with E-state index in [2.05, 4.69) is 17.1 Å². The first kappa shape index (κ1) is 32.0. The van der Waals surface area contributed by atoms with E-state index in [1.54, 1.807) is 54.6 Å². The molecule has 0 aliphatic carbocycles. The van der Waals surface area contributed by atoms with Crippen LogP contribution in [0.2, 0.25) is 0 Å². The third-order valence-corrected chi connectivity index (χ3v) is 9.32. The SMILES string of the molecule is CCCCCOc1ccc(C2/C(=C(/O)c3ccc(OC)cc3)C(=O)C(=O)N2c2nnc(SCc3ccc(F)cc3)s2)cc1OC. The molecule has 1 unspecified atom stereocenters. The van der Waals surface area contributed by atoms with E-state index in [1.165, 1.54) is 43.0 Å². The molecule has 1 N–H and O–H groups in total. The van der Waals surface area contributed by atoms with Crippen LogP contribution in [0.4, 0.5) is 9.52 Å². The number of aromatic nitrogens is 2. The van der Waals surface area contributed by atoms with Gasteiger partial charge in [0.05, 0.1) is 32.4 Å². The summed E-state index contributed by atoms with van der Waals surface area (Å²) in [6, 6.07) is 16.8. The second-order valence-electron chi connectivity index (χ2n) is 10.1. The molecule has 1 atom stereocenters. The minimum atomic E-state index is -1.03. The second kappa shape index (κ2) is 14.6. The number of carbonyl (C=O) groups excluding carboxylic acids is 2. The lowest BCUT2D eigenvalue weighted by Crippen LogP contribution is -2.29. The van der Waals surface area contributed by atoms with E-state index in [4.69, 9.17) is 14.2 Å². The van der Waals surface area contributed by atoms with Crippen molar-refractivity contribution >= 4 is 45.7 Å². The minimum Gasteiger partial charge on any atom is -0.507 e. The van der Waals surface area contributed by atoms with Crippen molar-refractivity contribution in [3.63, 3.8) is 0 Å². The number of hydrogen-bond acceptors (Lipinski definition) is 10. The van der Waals surface area contributed by atoms with Crippen LogP contribution < -0.4 is 19.1 Å². The van der Waals surface area contributed by atoms with Crippen LogP contribution >= 0.6 is 23.1 Å². The fourth-order valence-corrected chi connectivity index (χ4v) is 6.66. The number of benzene rings is 3. The molecule has 2 heterocycles. The summed E-state index contributed by atoms with van der Waals surface area (Å²) in [6.45, 7) is 2.63. The van der Waals surface area contributed by atoms with Gasteiger partial charge in [-0.05, 0) is 66.1 Å². The van der Waals surface area contributed by atoms with Gasteiger partial charge in [-0.2, -0.15) is 0 Å². The molecule has 1 fully saturated rings. The van der Waals surface area contributed by atoms with Gasteiger partial charge < -0.3 is 19.3 Å². The van der Waals surface area contributed by atoms with Gasteiger partial charge in [0, 0.05) is 11.3 Å². The van der Waals surface area contributed by atoms with Crippen LogP contribution in [-0.2, 0) is 15.3 Å². The van der Waals surface area contributed by atoms with Gasteiger partial charge in [0.15, 0.2) is 15.8 Å². The molecular weight excluding hydrogens is 618 g/mol. The topological polar surface area (TPSA) is 111 Å². The molecule has 12 heteroatoms. The van der Waals surface area contributed by atoms with Crippen molar-refractivity contribution in [1.82, 2.24) is 10.2 Å². The predicted molar refractivity (Wildman–Crippen MR) is 172 cm³/mol. The summed E-state index contributed by atoms with van der Waals surface area (Å²) in [5.74, 6) is -0.333. The molecule has 0 spiro atoms. The van der Waals surface area contributed by atoms with Gasteiger partial charge in [0.1, 0.15) is 17.3 Å². The number of aliphatic hydroxyl groups is 1. The molecule has 1 aliphatic rings. The number of thioether (sulfide) groups is 1. The van der Waals surface area contributed by atoms with E-state index in [0.717, 1.165) is 36.2 Å². The Morgan fingerprint density at radius 2 is 1.73 bits per heavy atom. The number of Topliss-reactive ketones (excluding diaryl/α,β-unsaturated/α-hetero) is 1. The number of amides is 1. The third kappa shape index (κ3) is 7.12. The average Bonchev–Trinajstić information content (AvgIpc) is 3.64. The lowest BCUT2D eigenvalue weighted by Gasteiger charge is -2.23. The Bertz CT molecular complexity index is 1690. The zero-order valence-electron chi connectivity index (χ0n) is 25.0. The average molecular weight is 650 g/mol. The summed E-state index contributed by atoms with van der Waals surface area (Å²) in [5, 5.41) is 20.2. The van der Waals surface area contributed by atoms with Crippen molar-refractivity contribution in [1.29, 1.82) is 0 Å². The Morgan fingerprint density at radius 1 is 0.978 bits per heavy atom. The van der Waals surface area contributed by atoms with E-state index in [1.807, 2.05) is 0 Å². The van der Waals surface area contributed by atoms with Crippen molar-refractivity contribution < 1.29 is 33.3 Å². The fraction of sp³-hybridized carbons (Fsp3) is 0.273. The first-order valence-electron chi connectivity index (χ1n) is 14.3. The largest absolute Gasteiger partial charge is 0.507 e. The number of ketones is 1. The molecular formula is C33H32FN3O6S2. The van der Waals surface area contributed by atoms with Crippen molar-refractivity contribution in [3.8, 4) is 17.2 Å².